The van der Waals surface area contributed by atoms with Gasteiger partial charge in [0, 0.05) is 57.6 Å². The number of hydrogen-bond acceptors (Lipinski definition) is 7. The predicted octanol–water partition coefficient (Wildman–Crippen LogP) is 5.89. The Morgan fingerprint density at radius 1 is 1.22 bits per heavy atom. The number of aromatic nitrogens is 1. The van der Waals surface area contributed by atoms with E-state index in [0.29, 0.717) is 11.6 Å². The Kier molecular flexibility index (Phi) is 6.89. The fourth-order valence-electron chi connectivity index (χ4n) is 5.69. The first-order valence-corrected chi connectivity index (χ1v) is 15.7. The van der Waals surface area contributed by atoms with E-state index in [2.05, 4.69) is 34.7 Å². The van der Waals surface area contributed by atoms with Crippen molar-refractivity contribution in [1.82, 2.24) is 9.88 Å². The number of thiophene rings is 1. The summed E-state index contributed by atoms with van der Waals surface area (Å²) in [6.07, 6.45) is 4.69. The molecule has 6 nitrogen and oxygen atoms in total. The molecule has 2 aliphatic rings. The van der Waals surface area contributed by atoms with Crippen LogP contribution in [0.25, 0.3) is 21.3 Å². The monoisotopic (exact) mass is 561 g/mol. The minimum absolute atomic E-state index is 0.00922. The average molecular weight is 562 g/mol. The van der Waals surface area contributed by atoms with Gasteiger partial charge >= 0.3 is 0 Å². The molecular formula is C28H36ClN3O3S2. The van der Waals surface area contributed by atoms with E-state index < -0.39 is 14.6 Å². The fourth-order valence-corrected chi connectivity index (χ4v) is 8.19. The zero-order valence-electron chi connectivity index (χ0n) is 22.2. The lowest BCUT2D eigenvalue weighted by molar-refractivity contribution is 0.203. The number of hydrogen-bond donors (Lipinski definition) is 1. The van der Waals surface area contributed by atoms with Gasteiger partial charge in [0.2, 0.25) is 0 Å². The highest BCUT2D eigenvalue weighted by Gasteiger charge is 2.45. The summed E-state index contributed by atoms with van der Waals surface area (Å²) >= 11 is 8.23. The van der Waals surface area contributed by atoms with Crippen LogP contribution in [0.5, 0.6) is 0 Å². The molecule has 0 spiro atoms. The standard InChI is InChI=1S/C28H36ClN3O3S2/c1-27(2,3)37(34,35)17-31-15-20(14-28(31,4)5)32-10-6-7-18-11-19(29)12-23(25(18)32)22-8-9-30-24-13-21(16-33)36-26(22)24/h8-9,11-13,20,33H,6-7,10,14-17H2,1-5H3/t20-/m1/s1. The number of pyridine rings is 1. The lowest BCUT2D eigenvalue weighted by Gasteiger charge is -2.38. The largest absolute Gasteiger partial charge is 0.391 e. The molecule has 1 N–H and O–H groups in total. The summed E-state index contributed by atoms with van der Waals surface area (Å²) in [5.41, 5.74) is 5.23. The average Bonchev–Trinajstić information content (AvgIpc) is 3.37. The number of rotatable bonds is 5. The van der Waals surface area contributed by atoms with E-state index in [4.69, 9.17) is 11.6 Å². The van der Waals surface area contributed by atoms with Crippen LogP contribution in [0.3, 0.4) is 0 Å². The van der Waals surface area contributed by atoms with Gasteiger partial charge < -0.3 is 10.0 Å². The van der Waals surface area contributed by atoms with E-state index in [9.17, 15) is 13.5 Å². The smallest absolute Gasteiger partial charge is 0.168 e. The summed E-state index contributed by atoms with van der Waals surface area (Å²) in [6, 6.07) is 8.32. The molecule has 1 saturated heterocycles. The van der Waals surface area contributed by atoms with Crippen LogP contribution in [0, 0.1) is 0 Å². The molecule has 1 aromatic carbocycles. The SMILES string of the molecule is CC1(C)C[C@@H](N2CCCc3cc(Cl)cc(-c4ccnc5cc(CO)sc45)c32)CN1CS(=O)(=O)C(C)(C)C. The zero-order valence-corrected chi connectivity index (χ0v) is 24.6. The van der Waals surface area contributed by atoms with Crippen LogP contribution in [-0.2, 0) is 22.9 Å². The number of likely N-dealkylation sites (tertiary alicyclic amines) is 1. The van der Waals surface area contributed by atoms with E-state index >= 15 is 0 Å². The van der Waals surface area contributed by atoms with Crippen molar-refractivity contribution in [3.05, 3.63) is 45.9 Å². The van der Waals surface area contributed by atoms with E-state index in [1.54, 1.807) is 32.1 Å². The van der Waals surface area contributed by atoms with E-state index in [1.165, 1.54) is 11.3 Å². The second-order valence-electron chi connectivity index (χ2n) is 12.0. The van der Waals surface area contributed by atoms with Gasteiger partial charge in [-0.2, -0.15) is 0 Å². The van der Waals surface area contributed by atoms with Gasteiger partial charge in [-0.1, -0.05) is 11.6 Å². The summed E-state index contributed by atoms with van der Waals surface area (Å²) in [7, 11) is -3.28. The molecule has 0 bridgehead atoms. The molecule has 4 heterocycles. The Hall–Kier alpha value is -1.71. The van der Waals surface area contributed by atoms with Crippen LogP contribution in [-0.4, -0.2) is 58.7 Å². The van der Waals surface area contributed by atoms with Crippen molar-refractivity contribution < 1.29 is 13.5 Å². The van der Waals surface area contributed by atoms with E-state index in [-0.39, 0.29) is 24.1 Å². The number of benzene rings is 1. The van der Waals surface area contributed by atoms with Crippen molar-refractivity contribution in [3.8, 4) is 11.1 Å². The minimum Gasteiger partial charge on any atom is -0.391 e. The second-order valence-corrected chi connectivity index (χ2v) is 16.2. The molecule has 0 saturated carbocycles. The number of sulfone groups is 1. The highest BCUT2D eigenvalue weighted by molar-refractivity contribution is 7.92. The normalized spacial score (nSPS) is 20.5. The Morgan fingerprint density at radius 2 is 1.97 bits per heavy atom. The van der Waals surface area contributed by atoms with Crippen LogP contribution in [0.15, 0.2) is 30.5 Å². The number of aryl methyl sites for hydroxylation is 1. The maximum absolute atomic E-state index is 13.1. The zero-order chi connectivity index (χ0) is 26.8. The third-order valence-electron chi connectivity index (χ3n) is 7.92. The van der Waals surface area contributed by atoms with Crippen LogP contribution in [0.4, 0.5) is 5.69 Å². The van der Waals surface area contributed by atoms with Crippen molar-refractivity contribution in [2.45, 2.75) is 76.8 Å². The molecular weight excluding hydrogens is 526 g/mol. The quantitative estimate of drug-likeness (QED) is 0.419. The van der Waals surface area contributed by atoms with Crippen LogP contribution < -0.4 is 4.90 Å². The maximum Gasteiger partial charge on any atom is 0.168 e. The Morgan fingerprint density at radius 3 is 2.68 bits per heavy atom. The number of nitrogens with zero attached hydrogens (tertiary/aromatic N) is 3. The first-order valence-electron chi connectivity index (χ1n) is 12.9. The first-order chi connectivity index (χ1) is 17.3. The van der Waals surface area contributed by atoms with Crippen molar-refractivity contribution in [2.75, 3.05) is 23.9 Å². The molecule has 1 atom stereocenters. The molecule has 1 fully saturated rings. The third kappa shape index (κ3) is 4.91. The lowest BCUT2D eigenvalue weighted by Crippen LogP contribution is -2.46. The minimum atomic E-state index is -3.28. The molecule has 0 aliphatic carbocycles. The number of fused-ring (bicyclic) bond motifs is 2. The molecule has 9 heteroatoms. The summed E-state index contributed by atoms with van der Waals surface area (Å²) < 4.78 is 26.5. The highest BCUT2D eigenvalue weighted by atomic mass is 35.5. The van der Waals surface area contributed by atoms with Crippen molar-refractivity contribution in [3.63, 3.8) is 0 Å². The van der Waals surface area contributed by atoms with E-state index in [1.807, 2.05) is 24.4 Å². The molecule has 5 rings (SSSR count). The van der Waals surface area contributed by atoms with Gasteiger partial charge in [-0.25, -0.2) is 8.42 Å². The summed E-state index contributed by atoms with van der Waals surface area (Å²) in [5, 5.41) is 10.4. The third-order valence-corrected chi connectivity index (χ3v) is 11.8. The van der Waals surface area contributed by atoms with Crippen molar-refractivity contribution in [2.24, 2.45) is 0 Å². The molecule has 2 aromatic heterocycles. The summed E-state index contributed by atoms with van der Waals surface area (Å²) in [4.78, 5) is 10.1. The lowest BCUT2D eigenvalue weighted by atomic mass is 9.91. The molecule has 0 amide bonds. The second kappa shape index (κ2) is 9.49. The maximum atomic E-state index is 13.1. The fraction of sp³-hybridized carbons (Fsp3) is 0.536. The van der Waals surface area contributed by atoms with Gasteiger partial charge in [-0.15, -0.1) is 11.3 Å². The van der Waals surface area contributed by atoms with E-state index in [0.717, 1.165) is 52.0 Å². The molecule has 0 radical (unpaired) electrons. The topological polar surface area (TPSA) is 73.7 Å². The van der Waals surface area contributed by atoms with Crippen LogP contribution in [0.1, 0.15) is 57.9 Å². The highest BCUT2D eigenvalue weighted by Crippen LogP contribution is 2.46. The Labute approximate surface area is 229 Å². The predicted molar refractivity (Wildman–Crippen MR) is 154 cm³/mol. The summed E-state index contributed by atoms with van der Waals surface area (Å²) in [5.74, 6) is 0.0677. The van der Waals surface area contributed by atoms with Crippen LogP contribution in [0.2, 0.25) is 5.02 Å². The van der Waals surface area contributed by atoms with Gasteiger partial charge in [-0.3, -0.25) is 9.88 Å². The molecule has 2 aliphatic heterocycles. The summed E-state index contributed by atoms with van der Waals surface area (Å²) in [6.45, 7) is 11.3. The van der Waals surface area contributed by atoms with Crippen LogP contribution >= 0.6 is 22.9 Å². The number of anilines is 1. The van der Waals surface area contributed by atoms with Gasteiger partial charge in [0.15, 0.2) is 9.84 Å². The molecule has 37 heavy (non-hydrogen) atoms. The Bertz CT molecular complexity index is 1440. The number of aliphatic hydroxyl groups is 1. The van der Waals surface area contributed by atoms with Gasteiger partial charge in [0.1, 0.15) is 5.88 Å². The number of halogens is 1. The first kappa shape index (κ1) is 26.9. The number of aliphatic hydroxyl groups excluding tert-OH is 1. The molecule has 3 aromatic rings. The molecule has 200 valence electrons. The molecule has 0 unspecified atom stereocenters. The van der Waals surface area contributed by atoms with Gasteiger partial charge in [0.25, 0.3) is 0 Å². The Balaban J connectivity index is 1.57. The van der Waals surface area contributed by atoms with Gasteiger partial charge in [-0.05, 0) is 83.7 Å². The van der Waals surface area contributed by atoms with Gasteiger partial charge in [0.05, 0.1) is 21.6 Å². The van der Waals surface area contributed by atoms with Crippen molar-refractivity contribution >= 4 is 48.7 Å². The van der Waals surface area contributed by atoms with Crippen molar-refractivity contribution in [1.29, 1.82) is 0 Å².